The highest BCUT2D eigenvalue weighted by molar-refractivity contribution is 7.87. The molecule has 1 aromatic heterocycles. The van der Waals surface area contributed by atoms with Crippen LogP contribution < -0.4 is 10.0 Å². The van der Waals surface area contributed by atoms with Crippen LogP contribution in [0.3, 0.4) is 0 Å². The molecule has 20 heavy (non-hydrogen) atoms. The van der Waals surface area contributed by atoms with Gasteiger partial charge in [-0.25, -0.2) is 4.72 Å². The average molecular weight is 301 g/mol. The predicted molar refractivity (Wildman–Crippen MR) is 77.6 cm³/mol. The molecule has 1 fully saturated rings. The first kappa shape index (κ1) is 15.5. The van der Waals surface area contributed by atoms with Gasteiger partial charge in [0.25, 0.3) is 10.2 Å². The van der Waals surface area contributed by atoms with E-state index < -0.39 is 10.2 Å². The number of likely N-dealkylation sites (N-methyl/N-ethyl adjacent to an activating group) is 1. The lowest BCUT2D eigenvalue weighted by Gasteiger charge is -2.34. The molecule has 1 saturated heterocycles. The molecule has 2 heterocycles. The second-order valence-electron chi connectivity index (χ2n) is 5.05. The van der Waals surface area contributed by atoms with Gasteiger partial charge in [0.05, 0.1) is 6.26 Å². The second kappa shape index (κ2) is 7.21. The molecule has 1 aliphatic rings. The number of furan rings is 1. The molecule has 6 nitrogen and oxygen atoms in total. The van der Waals surface area contributed by atoms with Crippen LogP contribution in [0.5, 0.6) is 0 Å². The quantitative estimate of drug-likeness (QED) is 0.778. The molecule has 0 aliphatic carbocycles. The molecule has 1 unspecified atom stereocenters. The molecule has 0 amide bonds. The molecule has 0 aromatic carbocycles. The summed E-state index contributed by atoms with van der Waals surface area (Å²) in [6.07, 6.45) is 5.10. The molecule has 1 aliphatic heterocycles. The third kappa shape index (κ3) is 4.05. The van der Waals surface area contributed by atoms with Crippen molar-refractivity contribution in [2.45, 2.75) is 31.7 Å². The van der Waals surface area contributed by atoms with Crippen molar-refractivity contribution in [3.05, 3.63) is 24.2 Å². The fourth-order valence-electron chi connectivity index (χ4n) is 2.57. The van der Waals surface area contributed by atoms with Crippen LogP contribution in [0.25, 0.3) is 0 Å². The lowest BCUT2D eigenvalue weighted by Crippen LogP contribution is -2.52. The van der Waals surface area contributed by atoms with Crippen molar-refractivity contribution < 1.29 is 12.8 Å². The maximum absolute atomic E-state index is 12.4. The monoisotopic (exact) mass is 301 g/mol. The highest BCUT2D eigenvalue weighted by Gasteiger charge is 2.31. The van der Waals surface area contributed by atoms with Gasteiger partial charge in [0.15, 0.2) is 0 Å². The summed E-state index contributed by atoms with van der Waals surface area (Å²) in [5.41, 5.74) is 0. The Labute approximate surface area is 120 Å². The van der Waals surface area contributed by atoms with Gasteiger partial charge >= 0.3 is 0 Å². The molecule has 7 heteroatoms. The van der Waals surface area contributed by atoms with Crippen molar-refractivity contribution in [3.63, 3.8) is 0 Å². The van der Waals surface area contributed by atoms with Crippen LogP contribution in [-0.4, -0.2) is 45.4 Å². The molecule has 2 rings (SSSR count). The molecular formula is C13H23N3O3S. The van der Waals surface area contributed by atoms with Gasteiger partial charge in [0.1, 0.15) is 5.76 Å². The summed E-state index contributed by atoms with van der Waals surface area (Å²) in [7, 11) is -1.56. The van der Waals surface area contributed by atoms with E-state index >= 15 is 0 Å². The molecular weight excluding hydrogens is 278 g/mol. The maximum atomic E-state index is 12.4. The zero-order valence-corrected chi connectivity index (χ0v) is 12.7. The van der Waals surface area contributed by atoms with Crippen LogP contribution in [0.1, 0.15) is 25.0 Å². The van der Waals surface area contributed by atoms with E-state index in [4.69, 9.17) is 4.42 Å². The largest absolute Gasteiger partial charge is 0.469 e. The van der Waals surface area contributed by atoms with E-state index in [1.54, 1.807) is 16.6 Å². The number of piperidine rings is 1. The second-order valence-corrected chi connectivity index (χ2v) is 6.75. The summed E-state index contributed by atoms with van der Waals surface area (Å²) >= 11 is 0. The van der Waals surface area contributed by atoms with E-state index in [1.165, 1.54) is 0 Å². The molecule has 1 atom stereocenters. The molecule has 2 N–H and O–H groups in total. The Morgan fingerprint density at radius 3 is 3.00 bits per heavy atom. The van der Waals surface area contributed by atoms with Crippen molar-refractivity contribution in [1.82, 2.24) is 14.3 Å². The Kier molecular flexibility index (Phi) is 5.59. The van der Waals surface area contributed by atoms with Crippen LogP contribution in [0, 0.1) is 0 Å². The SMILES string of the molecule is CNCC1CCCCN1S(=O)(=O)NCCc1ccco1. The van der Waals surface area contributed by atoms with Crippen LogP contribution in [0.4, 0.5) is 0 Å². The lowest BCUT2D eigenvalue weighted by molar-refractivity contribution is 0.246. The third-order valence-corrected chi connectivity index (χ3v) is 5.22. The zero-order chi connectivity index (χ0) is 14.4. The van der Waals surface area contributed by atoms with Crippen molar-refractivity contribution in [2.24, 2.45) is 0 Å². The highest BCUT2D eigenvalue weighted by Crippen LogP contribution is 2.19. The first-order valence-electron chi connectivity index (χ1n) is 7.07. The van der Waals surface area contributed by atoms with Crippen molar-refractivity contribution in [2.75, 3.05) is 26.7 Å². The van der Waals surface area contributed by atoms with Gasteiger partial charge in [-0.05, 0) is 32.0 Å². The van der Waals surface area contributed by atoms with E-state index in [9.17, 15) is 8.42 Å². The van der Waals surface area contributed by atoms with Gasteiger partial charge < -0.3 is 9.73 Å². The summed E-state index contributed by atoms with van der Waals surface area (Å²) in [6, 6.07) is 3.70. The summed E-state index contributed by atoms with van der Waals surface area (Å²) < 4.78 is 34.2. The zero-order valence-electron chi connectivity index (χ0n) is 11.8. The van der Waals surface area contributed by atoms with E-state index in [0.29, 0.717) is 26.1 Å². The lowest BCUT2D eigenvalue weighted by atomic mass is 10.1. The Hall–Kier alpha value is -0.890. The van der Waals surface area contributed by atoms with Gasteiger partial charge in [0.2, 0.25) is 0 Å². The highest BCUT2D eigenvalue weighted by atomic mass is 32.2. The number of nitrogens with one attached hydrogen (secondary N) is 2. The minimum absolute atomic E-state index is 0.0508. The van der Waals surface area contributed by atoms with Gasteiger partial charge in [-0.3, -0.25) is 0 Å². The minimum atomic E-state index is -3.41. The van der Waals surface area contributed by atoms with Gasteiger partial charge in [-0.1, -0.05) is 6.42 Å². The van der Waals surface area contributed by atoms with Crippen molar-refractivity contribution in [1.29, 1.82) is 0 Å². The number of hydrogen-bond acceptors (Lipinski definition) is 4. The summed E-state index contributed by atoms with van der Waals surface area (Å²) in [4.78, 5) is 0. The Bertz CT molecular complexity index is 485. The van der Waals surface area contributed by atoms with E-state index in [-0.39, 0.29) is 6.04 Å². The summed E-state index contributed by atoms with van der Waals surface area (Å²) in [6.45, 7) is 1.65. The van der Waals surface area contributed by atoms with E-state index in [2.05, 4.69) is 10.0 Å². The molecule has 114 valence electrons. The van der Waals surface area contributed by atoms with Gasteiger partial charge in [0, 0.05) is 32.1 Å². The summed E-state index contributed by atoms with van der Waals surface area (Å²) in [5.74, 6) is 0.790. The van der Waals surface area contributed by atoms with Crippen molar-refractivity contribution in [3.8, 4) is 0 Å². The van der Waals surface area contributed by atoms with E-state index in [0.717, 1.165) is 25.0 Å². The fourth-order valence-corrected chi connectivity index (χ4v) is 4.04. The van der Waals surface area contributed by atoms with Gasteiger partial charge in [-0.2, -0.15) is 12.7 Å². The Morgan fingerprint density at radius 1 is 1.45 bits per heavy atom. The van der Waals surface area contributed by atoms with Crippen LogP contribution in [-0.2, 0) is 16.6 Å². The first-order chi connectivity index (χ1) is 9.63. The number of rotatable bonds is 7. The van der Waals surface area contributed by atoms with Crippen LogP contribution >= 0.6 is 0 Å². The average Bonchev–Trinajstić information content (AvgIpc) is 2.92. The van der Waals surface area contributed by atoms with Crippen molar-refractivity contribution >= 4 is 10.2 Å². The Balaban J connectivity index is 1.90. The topological polar surface area (TPSA) is 74.6 Å². The smallest absolute Gasteiger partial charge is 0.279 e. The molecule has 0 saturated carbocycles. The minimum Gasteiger partial charge on any atom is -0.469 e. The molecule has 0 radical (unpaired) electrons. The molecule has 0 spiro atoms. The first-order valence-corrected chi connectivity index (χ1v) is 8.51. The van der Waals surface area contributed by atoms with Crippen LogP contribution in [0.2, 0.25) is 0 Å². The Morgan fingerprint density at radius 2 is 2.30 bits per heavy atom. The molecule has 0 bridgehead atoms. The number of hydrogen-bond donors (Lipinski definition) is 2. The fraction of sp³-hybridized carbons (Fsp3) is 0.692. The maximum Gasteiger partial charge on any atom is 0.279 e. The summed E-state index contributed by atoms with van der Waals surface area (Å²) in [5, 5.41) is 3.07. The third-order valence-electron chi connectivity index (χ3n) is 3.56. The van der Waals surface area contributed by atoms with Gasteiger partial charge in [-0.15, -0.1) is 0 Å². The molecule has 1 aromatic rings. The van der Waals surface area contributed by atoms with E-state index in [1.807, 2.05) is 13.1 Å². The van der Waals surface area contributed by atoms with Crippen LogP contribution in [0.15, 0.2) is 22.8 Å². The predicted octanol–water partition coefficient (Wildman–Crippen LogP) is 0.730. The normalized spacial score (nSPS) is 21.1. The number of nitrogens with zero attached hydrogens (tertiary/aromatic N) is 1. The standard InChI is InChI=1S/C13H23N3O3S/c1-14-11-12-5-2-3-9-16(12)20(17,18)15-8-7-13-6-4-10-19-13/h4,6,10,12,14-15H,2-3,5,7-9,11H2,1H3.